The smallest absolute Gasteiger partial charge is 0.0307 e. The highest BCUT2D eigenvalue weighted by Gasteiger charge is 2.31. The maximum atomic E-state index is 3.91. The van der Waals surface area contributed by atoms with E-state index in [1.165, 1.54) is 77.2 Å². The van der Waals surface area contributed by atoms with E-state index in [0.29, 0.717) is 6.04 Å². The largest absolute Gasteiger partial charge is 0.310 e. The third-order valence-electron chi connectivity index (χ3n) is 5.47. The molecule has 0 spiro atoms. The summed E-state index contributed by atoms with van der Waals surface area (Å²) in [5.41, 5.74) is 1.76. The molecule has 0 aromatic carbocycles. The lowest BCUT2D eigenvalue weighted by molar-refractivity contribution is 0.371. The maximum absolute atomic E-state index is 3.91. The van der Waals surface area contributed by atoms with Crippen molar-refractivity contribution in [3.8, 4) is 0 Å². The molecule has 3 atom stereocenters. The van der Waals surface area contributed by atoms with Gasteiger partial charge in [-0.15, -0.1) is 0 Å². The van der Waals surface area contributed by atoms with E-state index in [1.54, 1.807) is 5.57 Å². The van der Waals surface area contributed by atoms with Crippen LogP contribution < -0.4 is 5.32 Å². The highest BCUT2D eigenvalue weighted by Crippen LogP contribution is 2.38. The van der Waals surface area contributed by atoms with Crippen molar-refractivity contribution in [2.45, 2.75) is 90.5 Å². The van der Waals surface area contributed by atoms with Crippen LogP contribution in [0.2, 0.25) is 0 Å². The van der Waals surface area contributed by atoms with Gasteiger partial charge in [0.05, 0.1) is 0 Å². The summed E-state index contributed by atoms with van der Waals surface area (Å²) in [6.45, 7) is 5.85. The normalized spacial score (nSPS) is 29.6. The van der Waals surface area contributed by atoms with Gasteiger partial charge in [-0.3, -0.25) is 0 Å². The van der Waals surface area contributed by atoms with Crippen LogP contribution in [0.15, 0.2) is 11.6 Å². The standard InChI is InChI=1S/C19H35N/c1-3-14-20-19(18-13-12-16(4-2)15-18)17-10-8-6-5-7-9-11-17/h10,16,18-20H,3-9,11-15H2,1-2H3. The minimum Gasteiger partial charge on any atom is -0.310 e. The summed E-state index contributed by atoms with van der Waals surface area (Å²) in [4.78, 5) is 0. The van der Waals surface area contributed by atoms with E-state index in [1.807, 2.05) is 0 Å². The Balaban J connectivity index is 2.01. The summed E-state index contributed by atoms with van der Waals surface area (Å²) in [6, 6.07) is 0.699. The molecule has 116 valence electrons. The van der Waals surface area contributed by atoms with E-state index in [4.69, 9.17) is 0 Å². The molecule has 0 aliphatic heterocycles. The number of hydrogen-bond acceptors (Lipinski definition) is 1. The zero-order valence-electron chi connectivity index (χ0n) is 13.8. The van der Waals surface area contributed by atoms with Gasteiger partial charge in [0.25, 0.3) is 0 Å². The lowest BCUT2D eigenvalue weighted by Crippen LogP contribution is -2.37. The number of hydrogen-bond donors (Lipinski definition) is 1. The molecule has 0 saturated heterocycles. The molecule has 20 heavy (non-hydrogen) atoms. The molecule has 0 radical (unpaired) electrons. The first kappa shape index (κ1) is 16.1. The van der Waals surface area contributed by atoms with Gasteiger partial charge in [-0.05, 0) is 63.3 Å². The summed E-state index contributed by atoms with van der Waals surface area (Å²) in [5, 5.41) is 3.91. The fourth-order valence-corrected chi connectivity index (χ4v) is 4.19. The molecule has 0 aromatic heterocycles. The van der Waals surface area contributed by atoms with Crippen LogP contribution in [0.3, 0.4) is 0 Å². The highest BCUT2D eigenvalue weighted by molar-refractivity contribution is 5.14. The Labute approximate surface area is 126 Å². The van der Waals surface area contributed by atoms with E-state index in [0.717, 1.165) is 11.8 Å². The molecule has 0 heterocycles. The molecule has 2 aliphatic rings. The summed E-state index contributed by atoms with van der Waals surface area (Å²) >= 11 is 0. The van der Waals surface area contributed by atoms with Crippen LogP contribution in [0, 0.1) is 11.8 Å². The predicted molar refractivity (Wildman–Crippen MR) is 89.0 cm³/mol. The molecule has 0 aromatic rings. The van der Waals surface area contributed by atoms with Gasteiger partial charge < -0.3 is 5.32 Å². The van der Waals surface area contributed by atoms with E-state index in [2.05, 4.69) is 25.2 Å². The van der Waals surface area contributed by atoms with Crippen LogP contribution in [-0.2, 0) is 0 Å². The Morgan fingerprint density at radius 3 is 2.75 bits per heavy atom. The van der Waals surface area contributed by atoms with Crippen molar-refractivity contribution < 1.29 is 0 Å². The molecule has 2 rings (SSSR count). The van der Waals surface area contributed by atoms with Crippen molar-refractivity contribution in [3.63, 3.8) is 0 Å². The van der Waals surface area contributed by atoms with Gasteiger partial charge >= 0.3 is 0 Å². The van der Waals surface area contributed by atoms with Gasteiger partial charge in [0.1, 0.15) is 0 Å². The molecule has 1 heteroatoms. The van der Waals surface area contributed by atoms with Crippen molar-refractivity contribution in [1.29, 1.82) is 0 Å². The Hall–Kier alpha value is -0.300. The third-order valence-corrected chi connectivity index (χ3v) is 5.47. The van der Waals surface area contributed by atoms with Gasteiger partial charge in [0.2, 0.25) is 0 Å². The van der Waals surface area contributed by atoms with Gasteiger partial charge in [0.15, 0.2) is 0 Å². The first-order valence-electron chi connectivity index (χ1n) is 9.27. The average Bonchev–Trinajstić information content (AvgIpc) is 2.89. The first-order chi connectivity index (χ1) is 9.85. The quantitative estimate of drug-likeness (QED) is 0.635. The summed E-state index contributed by atoms with van der Waals surface area (Å²) < 4.78 is 0. The van der Waals surface area contributed by atoms with Crippen LogP contribution in [0.25, 0.3) is 0 Å². The van der Waals surface area contributed by atoms with Gasteiger partial charge in [-0.25, -0.2) is 0 Å². The third kappa shape index (κ3) is 4.62. The minimum atomic E-state index is 0.699. The molecule has 1 fully saturated rings. The van der Waals surface area contributed by atoms with Crippen LogP contribution in [0.1, 0.15) is 84.5 Å². The second-order valence-corrected chi connectivity index (χ2v) is 7.01. The Morgan fingerprint density at radius 1 is 1.15 bits per heavy atom. The van der Waals surface area contributed by atoms with E-state index in [-0.39, 0.29) is 0 Å². The van der Waals surface area contributed by atoms with Crippen LogP contribution >= 0.6 is 0 Å². The van der Waals surface area contributed by atoms with Crippen molar-refractivity contribution in [3.05, 3.63) is 11.6 Å². The minimum absolute atomic E-state index is 0.699. The predicted octanol–water partition coefficient (Wildman–Crippen LogP) is 5.46. The summed E-state index contributed by atoms with van der Waals surface area (Å²) in [5.74, 6) is 1.91. The SMILES string of the molecule is CCCNC(C1=CCCCCCC1)C1CCC(CC)C1. The lowest BCUT2D eigenvalue weighted by atomic mass is 9.85. The molecule has 0 amide bonds. The van der Waals surface area contributed by atoms with E-state index >= 15 is 0 Å². The topological polar surface area (TPSA) is 12.0 Å². The maximum Gasteiger partial charge on any atom is 0.0307 e. The Kier molecular flexibility index (Phi) is 7.13. The molecular weight excluding hydrogens is 242 g/mol. The summed E-state index contributed by atoms with van der Waals surface area (Å²) in [7, 11) is 0. The highest BCUT2D eigenvalue weighted by atomic mass is 14.9. The van der Waals surface area contributed by atoms with Crippen LogP contribution in [0.4, 0.5) is 0 Å². The molecule has 1 N–H and O–H groups in total. The van der Waals surface area contributed by atoms with Gasteiger partial charge in [-0.1, -0.05) is 51.2 Å². The molecule has 2 aliphatic carbocycles. The Morgan fingerprint density at radius 2 is 2.00 bits per heavy atom. The second-order valence-electron chi connectivity index (χ2n) is 7.01. The molecule has 1 saturated carbocycles. The van der Waals surface area contributed by atoms with Crippen molar-refractivity contribution in [2.24, 2.45) is 11.8 Å². The zero-order chi connectivity index (χ0) is 14.2. The molecule has 3 unspecified atom stereocenters. The fraction of sp³-hybridized carbons (Fsp3) is 0.895. The van der Waals surface area contributed by atoms with Crippen molar-refractivity contribution >= 4 is 0 Å². The van der Waals surface area contributed by atoms with Gasteiger partial charge in [-0.2, -0.15) is 0 Å². The van der Waals surface area contributed by atoms with Crippen molar-refractivity contribution in [2.75, 3.05) is 6.54 Å². The number of nitrogens with one attached hydrogen (secondary N) is 1. The molecule has 0 bridgehead atoms. The van der Waals surface area contributed by atoms with Crippen LogP contribution in [-0.4, -0.2) is 12.6 Å². The molecular formula is C19H35N. The fourth-order valence-electron chi connectivity index (χ4n) is 4.19. The summed E-state index contributed by atoms with van der Waals surface area (Å²) in [6.07, 6.45) is 18.0. The second kappa shape index (κ2) is 8.87. The lowest BCUT2D eigenvalue weighted by Gasteiger charge is -2.29. The first-order valence-corrected chi connectivity index (χ1v) is 9.27. The number of rotatable bonds is 6. The average molecular weight is 277 g/mol. The van der Waals surface area contributed by atoms with E-state index < -0.39 is 0 Å². The van der Waals surface area contributed by atoms with Crippen molar-refractivity contribution in [1.82, 2.24) is 5.32 Å². The molecule has 1 nitrogen and oxygen atoms in total. The van der Waals surface area contributed by atoms with Crippen LogP contribution in [0.5, 0.6) is 0 Å². The Bertz CT molecular complexity index is 294. The monoisotopic (exact) mass is 277 g/mol. The number of allylic oxidation sites excluding steroid dienone is 1. The van der Waals surface area contributed by atoms with Gasteiger partial charge in [0, 0.05) is 6.04 Å². The van der Waals surface area contributed by atoms with E-state index in [9.17, 15) is 0 Å². The zero-order valence-corrected chi connectivity index (χ0v) is 13.8.